The third kappa shape index (κ3) is 24.1. The number of nitrogens with one attached hydrogen (secondary N) is 1. The fourth-order valence-corrected chi connectivity index (χ4v) is 12.1. The van der Waals surface area contributed by atoms with Crippen LogP contribution in [0.4, 0.5) is 0 Å². The molecule has 28 heteroatoms. The van der Waals surface area contributed by atoms with Gasteiger partial charge in [-0.2, -0.15) is 30.6 Å². The molecule has 25 nitrogen and oxygen atoms in total. The Morgan fingerprint density at radius 1 is 0.436 bits per heavy atom. The molecule has 5 aromatic carbocycles. The highest BCUT2D eigenvalue weighted by Crippen LogP contribution is 2.37. The van der Waals surface area contributed by atoms with Gasteiger partial charge >= 0.3 is 19.1 Å². The zero-order chi connectivity index (χ0) is 80.4. The number of aromatic nitrogens is 12. The van der Waals surface area contributed by atoms with Crippen molar-refractivity contribution >= 4 is 56.4 Å². The van der Waals surface area contributed by atoms with Crippen molar-refractivity contribution in [3.63, 3.8) is 0 Å². The SMILES string of the molecule is CCOC(=O)c1cc(C)[nH]n1.CCOC(=O)c1cc(C)n(Cc2ccc(OC)cc2)n1.CCc1nn(Cc2ccc(OC)cc2)c(C)c1B1OC(C)(C)C(C)(C)O1.CCc1nn(Cc2ccc(OC)cc2)c(C)c1Br.COc1ccc(Cn2nc(CO)c(Br)c2C)cc1.COc1ccc(Cn2nc(CO)cc2C)cc1. The number of aromatic amines is 1. The number of hydrogen-bond acceptors (Lipinski definition) is 19. The Labute approximate surface area is 662 Å². The maximum absolute atomic E-state index is 11.6. The lowest BCUT2D eigenvalue weighted by Gasteiger charge is -2.32. The second-order valence-corrected chi connectivity index (χ2v) is 28.2. The highest BCUT2D eigenvalue weighted by molar-refractivity contribution is 9.10. The number of carbonyl (C=O) groups is 2. The van der Waals surface area contributed by atoms with Crippen LogP contribution in [0.15, 0.2) is 148 Å². The number of aliphatic hydroxyl groups is 2. The van der Waals surface area contributed by atoms with Crippen molar-refractivity contribution in [3.05, 3.63) is 245 Å². The fraction of sp³-hybridized carbons (Fsp3) is 0.390. The summed E-state index contributed by atoms with van der Waals surface area (Å²) < 4.78 is 59.6. The zero-order valence-electron chi connectivity index (χ0n) is 66.7. The van der Waals surface area contributed by atoms with Gasteiger partial charge in [-0.25, -0.2) is 9.59 Å². The largest absolute Gasteiger partial charge is 0.498 e. The molecule has 6 aromatic heterocycles. The Bertz CT molecular complexity index is 4570. The topological polar surface area (TPSA) is 275 Å². The highest BCUT2D eigenvalue weighted by atomic mass is 79.9. The normalized spacial score (nSPS) is 12.3. The molecule has 0 unspecified atom stereocenters. The summed E-state index contributed by atoms with van der Waals surface area (Å²) in [4.78, 5) is 22.6. The van der Waals surface area contributed by atoms with E-state index in [1.165, 1.54) is 16.8 Å². The van der Waals surface area contributed by atoms with Crippen LogP contribution in [0.5, 0.6) is 28.7 Å². The van der Waals surface area contributed by atoms with E-state index < -0.39 is 0 Å². The van der Waals surface area contributed by atoms with E-state index in [9.17, 15) is 9.59 Å². The van der Waals surface area contributed by atoms with Gasteiger partial charge in [0.25, 0.3) is 0 Å². The number of aliphatic hydroxyl groups excluding tert-OH is 2. The van der Waals surface area contributed by atoms with Gasteiger partial charge in [0.1, 0.15) is 34.4 Å². The molecule has 1 fully saturated rings. The Kier molecular flexibility index (Phi) is 33.2. The van der Waals surface area contributed by atoms with E-state index in [2.05, 4.69) is 142 Å². The first-order valence-electron chi connectivity index (χ1n) is 36.2. The maximum atomic E-state index is 11.6. The summed E-state index contributed by atoms with van der Waals surface area (Å²) in [6, 6.07) is 45.0. The van der Waals surface area contributed by atoms with Crippen LogP contribution in [0.2, 0.25) is 0 Å². The molecule has 12 rings (SSSR count). The smallest absolute Gasteiger partial charge is 0.497 e. The highest BCUT2D eigenvalue weighted by Gasteiger charge is 2.53. The first kappa shape index (κ1) is 87.4. The van der Waals surface area contributed by atoms with Gasteiger partial charge in [-0.15, -0.1) is 0 Å². The first-order valence-corrected chi connectivity index (χ1v) is 37.8. The van der Waals surface area contributed by atoms with Crippen LogP contribution in [-0.2, 0) is 77.6 Å². The van der Waals surface area contributed by atoms with Gasteiger partial charge in [-0.1, -0.05) is 74.5 Å². The summed E-state index contributed by atoms with van der Waals surface area (Å²) in [7, 11) is 7.92. The molecule has 1 saturated heterocycles. The quantitative estimate of drug-likeness (QED) is 0.0374. The minimum atomic E-state index is -0.385. The number of rotatable bonds is 24. The number of hydrogen-bond donors (Lipinski definition) is 3. The first-order chi connectivity index (χ1) is 52.6. The van der Waals surface area contributed by atoms with Crippen molar-refractivity contribution in [3.8, 4) is 28.7 Å². The molecule has 110 heavy (non-hydrogen) atoms. The van der Waals surface area contributed by atoms with Crippen molar-refractivity contribution < 1.29 is 62.3 Å². The molecule has 588 valence electrons. The van der Waals surface area contributed by atoms with Crippen LogP contribution in [0.3, 0.4) is 0 Å². The van der Waals surface area contributed by atoms with E-state index in [4.69, 9.17) is 57.8 Å². The van der Waals surface area contributed by atoms with E-state index in [-0.39, 0.29) is 43.5 Å². The van der Waals surface area contributed by atoms with Crippen molar-refractivity contribution in [2.45, 2.75) is 167 Å². The predicted octanol–water partition coefficient (Wildman–Crippen LogP) is 14.2. The Balaban J connectivity index is 0.000000186. The fourth-order valence-electron chi connectivity index (χ4n) is 11.2. The van der Waals surface area contributed by atoms with Crippen LogP contribution in [0.25, 0.3) is 0 Å². The lowest BCUT2D eigenvalue weighted by molar-refractivity contribution is 0.00578. The van der Waals surface area contributed by atoms with Gasteiger partial charge in [0, 0.05) is 28.2 Å². The second kappa shape index (κ2) is 41.8. The van der Waals surface area contributed by atoms with Gasteiger partial charge in [-0.3, -0.25) is 28.5 Å². The molecule has 7 heterocycles. The van der Waals surface area contributed by atoms with Crippen LogP contribution in [0, 0.1) is 41.5 Å². The van der Waals surface area contributed by atoms with E-state index >= 15 is 0 Å². The minimum Gasteiger partial charge on any atom is -0.497 e. The number of nitrogens with zero attached hydrogens (tertiary/aromatic N) is 11. The number of aryl methyl sites for hydroxylation is 5. The summed E-state index contributed by atoms with van der Waals surface area (Å²) in [6.07, 6.45) is 1.78. The van der Waals surface area contributed by atoms with Crippen LogP contribution in [0.1, 0.15) is 161 Å². The maximum Gasteiger partial charge on any atom is 0.498 e. The average molecular weight is 1640 g/mol. The lowest BCUT2D eigenvalue weighted by Crippen LogP contribution is -2.41. The molecule has 0 atom stereocenters. The van der Waals surface area contributed by atoms with Gasteiger partial charge in [0.05, 0.1) is 143 Å². The molecular formula is C82H105BBr2N12O13. The van der Waals surface area contributed by atoms with Gasteiger partial charge < -0.3 is 52.7 Å². The summed E-state index contributed by atoms with van der Waals surface area (Å²) in [5.74, 6) is 3.48. The Morgan fingerprint density at radius 3 is 1.09 bits per heavy atom. The molecular weight excluding hydrogens is 1530 g/mol. The third-order valence-electron chi connectivity index (χ3n) is 18.3. The number of benzene rings is 5. The van der Waals surface area contributed by atoms with Crippen molar-refractivity contribution in [2.75, 3.05) is 48.8 Å². The van der Waals surface area contributed by atoms with E-state index in [1.54, 1.807) is 66.2 Å². The van der Waals surface area contributed by atoms with Crippen LogP contribution in [-0.4, -0.2) is 148 Å². The van der Waals surface area contributed by atoms with E-state index in [0.717, 1.165) is 119 Å². The minimum absolute atomic E-state index is 0.0174. The molecule has 0 amide bonds. The van der Waals surface area contributed by atoms with Crippen molar-refractivity contribution in [1.29, 1.82) is 0 Å². The zero-order valence-corrected chi connectivity index (χ0v) is 69.9. The Hall–Kier alpha value is -9.84. The number of halogens is 2. The second-order valence-electron chi connectivity index (χ2n) is 26.6. The van der Waals surface area contributed by atoms with E-state index in [0.29, 0.717) is 62.2 Å². The Morgan fingerprint density at radius 2 is 0.773 bits per heavy atom. The van der Waals surface area contributed by atoms with Crippen LogP contribution < -0.4 is 29.1 Å². The average Bonchev–Trinajstić information content (AvgIpc) is 1.60. The van der Waals surface area contributed by atoms with Crippen LogP contribution >= 0.6 is 31.9 Å². The standard InChI is InChI=1S/C20H29BN2O3.C15H18N2O3.C14H17BrN2O.C13H15BrN2O2.C13H16N2O2.C7H10N2O2/c1-8-17-18(21-25-19(3,4)20(5,6)26-21)14(2)23(22-17)13-15-9-11-16(24-7)12-10-15;1-4-20-15(18)14-9-11(2)17(16-14)10-12-5-7-13(19-3)8-6-12;1-4-13-14(15)10(2)17(16-13)9-11-5-7-12(18-3)8-6-11;1-9-13(14)12(8-17)15-16(9)7-10-3-5-11(18-2)6-4-10;1-10-7-12(9-16)14-15(10)8-11-3-5-13(17-2)6-4-11;1-3-11-7(10)6-4-5(2)8-9-6/h9-12H,8,13H2,1-7H3;5-9H,4,10H2,1-3H3;5-8H,4,9H2,1-3H3;3-6,17H,7-8H2,1-2H3;3-7,16H,8-9H2,1-2H3;4H,3H2,1-2H3,(H,8,9). The van der Waals surface area contributed by atoms with E-state index in [1.807, 2.05) is 150 Å². The summed E-state index contributed by atoms with van der Waals surface area (Å²) in [5.41, 5.74) is 16.4. The molecule has 11 aromatic rings. The number of carbonyl (C=O) groups excluding carboxylic acids is 2. The molecule has 0 spiro atoms. The molecule has 0 aliphatic carbocycles. The molecule has 1 aliphatic rings. The number of ether oxygens (including phenoxy) is 7. The number of esters is 2. The summed E-state index contributed by atoms with van der Waals surface area (Å²) >= 11 is 7.03. The predicted molar refractivity (Wildman–Crippen MR) is 432 cm³/mol. The molecule has 0 bridgehead atoms. The molecule has 3 N–H and O–H groups in total. The molecule has 1 aliphatic heterocycles. The van der Waals surface area contributed by atoms with Gasteiger partial charge in [-0.05, 0) is 234 Å². The molecule has 0 radical (unpaired) electrons. The monoisotopic (exact) mass is 1630 g/mol. The summed E-state index contributed by atoms with van der Waals surface area (Å²) in [5, 5.41) is 46.9. The van der Waals surface area contributed by atoms with Gasteiger partial charge in [0.2, 0.25) is 0 Å². The molecule has 0 saturated carbocycles. The number of H-pyrrole nitrogens is 1. The van der Waals surface area contributed by atoms with Crippen molar-refractivity contribution in [2.24, 2.45) is 0 Å². The summed E-state index contributed by atoms with van der Waals surface area (Å²) in [6.45, 7) is 32.1. The lowest BCUT2D eigenvalue weighted by atomic mass is 9.76. The van der Waals surface area contributed by atoms with Gasteiger partial charge in [0.15, 0.2) is 11.4 Å². The van der Waals surface area contributed by atoms with Crippen molar-refractivity contribution in [1.82, 2.24) is 59.1 Å². The number of methoxy groups -OCH3 is 5. The third-order valence-corrected chi connectivity index (χ3v) is 20.4.